The summed E-state index contributed by atoms with van der Waals surface area (Å²) in [6.45, 7) is 2.83. The number of rotatable bonds is 3. The molecule has 0 aromatic carbocycles. The van der Waals surface area contributed by atoms with Gasteiger partial charge in [0, 0.05) is 13.7 Å². The van der Waals surface area contributed by atoms with E-state index in [0.717, 1.165) is 19.8 Å². The maximum absolute atomic E-state index is 5.81. The molecule has 0 spiro atoms. The standard InChI is InChI=1S/C11H21NO2/c1-13-9-11(6-2-3-7-12-11)10-5-4-8-14-10/h10,12H,2-9H2,1H3. The van der Waals surface area contributed by atoms with Crippen LogP contribution in [0.1, 0.15) is 32.1 Å². The van der Waals surface area contributed by atoms with Gasteiger partial charge in [-0.05, 0) is 32.2 Å². The largest absolute Gasteiger partial charge is 0.383 e. The topological polar surface area (TPSA) is 30.5 Å². The van der Waals surface area contributed by atoms with Crippen LogP contribution in [0, 0.1) is 0 Å². The minimum atomic E-state index is 0.115. The molecule has 0 radical (unpaired) electrons. The second kappa shape index (κ2) is 4.60. The molecule has 0 amide bonds. The van der Waals surface area contributed by atoms with E-state index >= 15 is 0 Å². The summed E-state index contributed by atoms with van der Waals surface area (Å²) < 4.78 is 11.2. The molecule has 2 saturated heterocycles. The number of methoxy groups -OCH3 is 1. The van der Waals surface area contributed by atoms with Crippen LogP contribution in [0.5, 0.6) is 0 Å². The molecular formula is C11H21NO2. The van der Waals surface area contributed by atoms with Crippen LogP contribution in [0.4, 0.5) is 0 Å². The summed E-state index contributed by atoms with van der Waals surface area (Å²) in [4.78, 5) is 0. The molecule has 0 bridgehead atoms. The van der Waals surface area contributed by atoms with E-state index in [1.165, 1.54) is 32.1 Å². The SMILES string of the molecule is COCC1(C2CCCO2)CCCCN1. The summed E-state index contributed by atoms with van der Waals surface area (Å²) in [5.74, 6) is 0. The van der Waals surface area contributed by atoms with Crippen LogP contribution in [0.15, 0.2) is 0 Å². The Balaban J connectivity index is 2.02. The first-order valence-electron chi connectivity index (χ1n) is 5.73. The first-order valence-corrected chi connectivity index (χ1v) is 5.73. The van der Waals surface area contributed by atoms with E-state index in [9.17, 15) is 0 Å². The van der Waals surface area contributed by atoms with Crippen molar-refractivity contribution in [1.29, 1.82) is 0 Å². The molecule has 3 heteroatoms. The van der Waals surface area contributed by atoms with Crippen LogP contribution in [-0.2, 0) is 9.47 Å². The van der Waals surface area contributed by atoms with Crippen molar-refractivity contribution in [2.45, 2.75) is 43.7 Å². The molecule has 0 aliphatic carbocycles. The third kappa shape index (κ3) is 1.95. The van der Waals surface area contributed by atoms with Crippen molar-refractivity contribution in [3.05, 3.63) is 0 Å². The average Bonchev–Trinajstić information content (AvgIpc) is 2.73. The molecule has 3 nitrogen and oxygen atoms in total. The van der Waals surface area contributed by atoms with Gasteiger partial charge in [-0.25, -0.2) is 0 Å². The molecule has 14 heavy (non-hydrogen) atoms. The first-order chi connectivity index (χ1) is 6.87. The van der Waals surface area contributed by atoms with E-state index in [1.807, 2.05) is 0 Å². The Kier molecular flexibility index (Phi) is 3.42. The monoisotopic (exact) mass is 199 g/mol. The highest BCUT2D eigenvalue weighted by Gasteiger charge is 2.41. The van der Waals surface area contributed by atoms with Gasteiger partial charge in [-0.1, -0.05) is 6.42 Å². The summed E-state index contributed by atoms with van der Waals surface area (Å²) in [7, 11) is 1.78. The Bertz CT molecular complexity index is 167. The van der Waals surface area contributed by atoms with Gasteiger partial charge in [-0.2, -0.15) is 0 Å². The lowest BCUT2D eigenvalue weighted by Crippen LogP contribution is -2.59. The smallest absolute Gasteiger partial charge is 0.0780 e. The second-order valence-electron chi connectivity index (χ2n) is 4.47. The van der Waals surface area contributed by atoms with Crippen molar-refractivity contribution in [3.63, 3.8) is 0 Å². The van der Waals surface area contributed by atoms with Gasteiger partial charge in [-0.3, -0.25) is 0 Å². The number of hydrogen-bond acceptors (Lipinski definition) is 3. The Morgan fingerprint density at radius 3 is 2.93 bits per heavy atom. The Hall–Kier alpha value is -0.120. The zero-order valence-electron chi connectivity index (χ0n) is 9.05. The Morgan fingerprint density at radius 2 is 2.36 bits per heavy atom. The Morgan fingerprint density at radius 1 is 1.43 bits per heavy atom. The zero-order valence-corrected chi connectivity index (χ0v) is 9.05. The number of hydrogen-bond donors (Lipinski definition) is 1. The first kappa shape index (κ1) is 10.4. The highest BCUT2D eigenvalue weighted by Crippen LogP contribution is 2.31. The van der Waals surface area contributed by atoms with Crippen molar-refractivity contribution < 1.29 is 9.47 Å². The third-order valence-corrected chi connectivity index (χ3v) is 3.47. The lowest BCUT2D eigenvalue weighted by atomic mass is 9.83. The highest BCUT2D eigenvalue weighted by molar-refractivity contribution is 4.99. The normalized spacial score (nSPS) is 38.8. The molecule has 2 fully saturated rings. The van der Waals surface area contributed by atoms with Crippen LogP contribution >= 0.6 is 0 Å². The fourth-order valence-corrected chi connectivity index (χ4v) is 2.75. The summed E-state index contributed by atoms with van der Waals surface area (Å²) in [5, 5.41) is 3.63. The van der Waals surface area contributed by atoms with Gasteiger partial charge in [-0.15, -0.1) is 0 Å². The van der Waals surface area contributed by atoms with Gasteiger partial charge >= 0.3 is 0 Å². The van der Waals surface area contributed by atoms with Crippen LogP contribution < -0.4 is 5.32 Å². The third-order valence-electron chi connectivity index (χ3n) is 3.47. The maximum Gasteiger partial charge on any atom is 0.0780 e. The van der Waals surface area contributed by atoms with Crippen molar-refractivity contribution in [2.75, 3.05) is 26.9 Å². The lowest BCUT2D eigenvalue weighted by Gasteiger charge is -2.41. The molecule has 0 saturated carbocycles. The fourth-order valence-electron chi connectivity index (χ4n) is 2.75. The molecule has 0 aromatic rings. The summed E-state index contributed by atoms with van der Waals surface area (Å²) in [6, 6.07) is 0. The van der Waals surface area contributed by atoms with Gasteiger partial charge < -0.3 is 14.8 Å². The summed E-state index contributed by atoms with van der Waals surface area (Å²) >= 11 is 0. The average molecular weight is 199 g/mol. The minimum Gasteiger partial charge on any atom is -0.383 e. The van der Waals surface area contributed by atoms with Crippen LogP contribution in [0.2, 0.25) is 0 Å². The molecule has 0 aromatic heterocycles. The van der Waals surface area contributed by atoms with E-state index in [0.29, 0.717) is 6.10 Å². The fraction of sp³-hybridized carbons (Fsp3) is 1.00. The molecule has 2 heterocycles. The molecule has 2 atom stereocenters. The van der Waals surface area contributed by atoms with E-state index in [2.05, 4.69) is 5.32 Å². The van der Waals surface area contributed by atoms with Crippen LogP contribution in [0.3, 0.4) is 0 Å². The Labute approximate surface area is 86.2 Å². The maximum atomic E-state index is 5.81. The lowest BCUT2D eigenvalue weighted by molar-refractivity contribution is -0.0265. The van der Waals surface area contributed by atoms with Gasteiger partial charge in [0.1, 0.15) is 0 Å². The molecule has 1 N–H and O–H groups in total. The zero-order chi connectivity index (χ0) is 9.86. The molecule has 2 rings (SSSR count). The van der Waals surface area contributed by atoms with Gasteiger partial charge in [0.05, 0.1) is 18.2 Å². The van der Waals surface area contributed by atoms with E-state index < -0.39 is 0 Å². The van der Waals surface area contributed by atoms with Crippen LogP contribution in [0.25, 0.3) is 0 Å². The quantitative estimate of drug-likeness (QED) is 0.743. The highest BCUT2D eigenvalue weighted by atomic mass is 16.5. The second-order valence-corrected chi connectivity index (χ2v) is 4.47. The number of nitrogens with one attached hydrogen (secondary N) is 1. The van der Waals surface area contributed by atoms with Gasteiger partial charge in [0.15, 0.2) is 0 Å². The predicted octanol–water partition coefficient (Wildman–Crippen LogP) is 1.32. The van der Waals surface area contributed by atoms with Crippen molar-refractivity contribution in [1.82, 2.24) is 5.32 Å². The van der Waals surface area contributed by atoms with Gasteiger partial charge in [0.25, 0.3) is 0 Å². The van der Waals surface area contributed by atoms with Crippen molar-refractivity contribution in [3.8, 4) is 0 Å². The summed E-state index contributed by atoms with van der Waals surface area (Å²) in [6.07, 6.45) is 6.57. The molecule has 82 valence electrons. The van der Waals surface area contributed by atoms with E-state index in [1.54, 1.807) is 7.11 Å². The molecule has 2 aliphatic rings. The number of ether oxygens (including phenoxy) is 2. The molecule has 2 unspecified atom stereocenters. The van der Waals surface area contributed by atoms with Crippen molar-refractivity contribution >= 4 is 0 Å². The van der Waals surface area contributed by atoms with E-state index in [4.69, 9.17) is 9.47 Å². The molecular weight excluding hydrogens is 178 g/mol. The number of piperidine rings is 1. The van der Waals surface area contributed by atoms with E-state index in [-0.39, 0.29) is 5.54 Å². The van der Waals surface area contributed by atoms with Gasteiger partial charge in [0.2, 0.25) is 0 Å². The molecule has 2 aliphatic heterocycles. The van der Waals surface area contributed by atoms with Crippen LogP contribution in [-0.4, -0.2) is 38.5 Å². The minimum absolute atomic E-state index is 0.115. The summed E-state index contributed by atoms with van der Waals surface area (Å²) in [5.41, 5.74) is 0.115. The van der Waals surface area contributed by atoms with Crippen molar-refractivity contribution in [2.24, 2.45) is 0 Å². The predicted molar refractivity (Wildman–Crippen MR) is 55.4 cm³/mol.